The van der Waals surface area contributed by atoms with Crippen LogP contribution in [0, 0.1) is 0 Å². The predicted molar refractivity (Wildman–Crippen MR) is 70.1 cm³/mol. The van der Waals surface area contributed by atoms with E-state index < -0.39 is 0 Å². The highest BCUT2D eigenvalue weighted by atomic mass is 32.2. The summed E-state index contributed by atoms with van der Waals surface area (Å²) in [6.45, 7) is 1.01. The van der Waals surface area contributed by atoms with Crippen molar-refractivity contribution in [3.8, 4) is 0 Å². The van der Waals surface area contributed by atoms with Crippen molar-refractivity contribution < 1.29 is 9.90 Å². The molecule has 5 heteroatoms. The van der Waals surface area contributed by atoms with Crippen molar-refractivity contribution in [1.82, 2.24) is 10.6 Å². The summed E-state index contributed by atoms with van der Waals surface area (Å²) in [7, 11) is 0. The number of carbonyl (C=O) groups is 1. The van der Waals surface area contributed by atoms with E-state index in [1.807, 2.05) is 11.8 Å². The summed E-state index contributed by atoms with van der Waals surface area (Å²) in [6, 6.07) is 0.616. The zero-order valence-electron chi connectivity index (χ0n) is 10.2. The van der Waals surface area contributed by atoms with Gasteiger partial charge >= 0.3 is 0 Å². The van der Waals surface area contributed by atoms with Crippen molar-refractivity contribution >= 4 is 17.7 Å². The average molecular weight is 258 g/mol. The molecule has 1 saturated carbocycles. The maximum Gasteiger partial charge on any atom is 0.221 e. The largest absolute Gasteiger partial charge is 0.393 e. The van der Waals surface area contributed by atoms with E-state index in [1.54, 1.807) is 0 Å². The topological polar surface area (TPSA) is 61.4 Å². The summed E-state index contributed by atoms with van der Waals surface area (Å²) < 4.78 is 0. The Bertz CT molecular complexity index is 249. The second-order valence-corrected chi connectivity index (χ2v) is 6.15. The molecule has 1 amide bonds. The first-order valence-electron chi connectivity index (χ1n) is 6.52. The SMILES string of the molecule is O=C(CC1CSCCN1)NC1CCC(O)CC1. The molecule has 17 heavy (non-hydrogen) atoms. The van der Waals surface area contributed by atoms with Gasteiger partial charge in [-0.2, -0.15) is 11.8 Å². The Morgan fingerprint density at radius 1 is 1.35 bits per heavy atom. The standard InChI is InChI=1S/C12H22N2O2S/c15-11-3-1-9(2-4-11)14-12(16)7-10-8-17-6-5-13-10/h9-11,13,15H,1-8H2,(H,14,16). The van der Waals surface area contributed by atoms with Crippen LogP contribution in [0.3, 0.4) is 0 Å². The summed E-state index contributed by atoms with van der Waals surface area (Å²) in [6.07, 6.45) is 3.91. The van der Waals surface area contributed by atoms with E-state index in [-0.39, 0.29) is 18.1 Å². The minimum absolute atomic E-state index is 0.153. The fourth-order valence-electron chi connectivity index (χ4n) is 2.48. The number of carbonyl (C=O) groups excluding carboxylic acids is 1. The van der Waals surface area contributed by atoms with E-state index in [4.69, 9.17) is 0 Å². The van der Waals surface area contributed by atoms with Crippen molar-refractivity contribution in [1.29, 1.82) is 0 Å². The van der Waals surface area contributed by atoms with Crippen LogP contribution in [0.25, 0.3) is 0 Å². The Kier molecular flexibility index (Phi) is 5.13. The fourth-order valence-corrected chi connectivity index (χ4v) is 3.43. The van der Waals surface area contributed by atoms with Gasteiger partial charge in [-0.3, -0.25) is 4.79 Å². The van der Waals surface area contributed by atoms with Crippen molar-refractivity contribution in [2.75, 3.05) is 18.1 Å². The first-order valence-corrected chi connectivity index (χ1v) is 7.68. The van der Waals surface area contributed by atoms with Crippen LogP contribution in [0.4, 0.5) is 0 Å². The third-order valence-electron chi connectivity index (χ3n) is 3.49. The first-order chi connectivity index (χ1) is 8.24. The smallest absolute Gasteiger partial charge is 0.221 e. The van der Waals surface area contributed by atoms with Crippen LogP contribution in [-0.4, -0.2) is 47.3 Å². The molecule has 1 saturated heterocycles. The van der Waals surface area contributed by atoms with Crippen LogP contribution in [0.2, 0.25) is 0 Å². The van der Waals surface area contributed by atoms with E-state index in [0.29, 0.717) is 12.5 Å². The van der Waals surface area contributed by atoms with Crippen molar-refractivity contribution in [2.24, 2.45) is 0 Å². The van der Waals surface area contributed by atoms with Crippen molar-refractivity contribution in [3.63, 3.8) is 0 Å². The lowest BCUT2D eigenvalue weighted by Crippen LogP contribution is -2.44. The molecule has 1 aliphatic carbocycles. The number of aliphatic hydroxyl groups excluding tert-OH is 1. The Hall–Kier alpha value is -0.260. The lowest BCUT2D eigenvalue weighted by atomic mass is 9.93. The molecule has 1 heterocycles. The highest BCUT2D eigenvalue weighted by Gasteiger charge is 2.22. The van der Waals surface area contributed by atoms with Crippen LogP contribution in [0.5, 0.6) is 0 Å². The van der Waals surface area contributed by atoms with Crippen LogP contribution in [0.15, 0.2) is 0 Å². The van der Waals surface area contributed by atoms with Gasteiger partial charge in [0.1, 0.15) is 0 Å². The summed E-state index contributed by atoms with van der Waals surface area (Å²) >= 11 is 1.92. The molecule has 1 unspecified atom stereocenters. The Labute approximate surface area is 107 Å². The zero-order valence-corrected chi connectivity index (χ0v) is 11.0. The summed E-state index contributed by atoms with van der Waals surface area (Å²) in [4.78, 5) is 11.8. The molecular formula is C12H22N2O2S. The number of nitrogens with one attached hydrogen (secondary N) is 2. The number of hydrogen-bond acceptors (Lipinski definition) is 4. The van der Waals surface area contributed by atoms with Crippen LogP contribution in [-0.2, 0) is 4.79 Å². The van der Waals surface area contributed by atoms with E-state index in [1.165, 1.54) is 0 Å². The number of hydrogen-bond donors (Lipinski definition) is 3. The maximum absolute atomic E-state index is 11.8. The number of amides is 1. The quantitative estimate of drug-likeness (QED) is 0.690. The van der Waals surface area contributed by atoms with Crippen molar-refractivity contribution in [3.05, 3.63) is 0 Å². The van der Waals surface area contributed by atoms with E-state index in [0.717, 1.165) is 43.7 Å². The van der Waals surface area contributed by atoms with Gasteiger partial charge in [0.15, 0.2) is 0 Å². The predicted octanol–water partition coefficient (Wildman–Crippen LogP) is 0.501. The van der Waals surface area contributed by atoms with E-state index in [9.17, 15) is 9.90 Å². The molecule has 0 spiro atoms. The molecule has 0 bridgehead atoms. The van der Waals surface area contributed by atoms with Crippen LogP contribution in [0.1, 0.15) is 32.1 Å². The third kappa shape index (κ3) is 4.48. The lowest BCUT2D eigenvalue weighted by Gasteiger charge is -2.28. The summed E-state index contributed by atoms with van der Waals surface area (Å²) in [5.41, 5.74) is 0. The van der Waals surface area contributed by atoms with Crippen LogP contribution < -0.4 is 10.6 Å². The van der Waals surface area contributed by atoms with Gasteiger partial charge in [0.25, 0.3) is 0 Å². The molecule has 3 N–H and O–H groups in total. The van der Waals surface area contributed by atoms with E-state index >= 15 is 0 Å². The normalized spacial score (nSPS) is 34.3. The molecule has 1 atom stereocenters. The molecule has 1 aliphatic heterocycles. The minimum Gasteiger partial charge on any atom is -0.393 e. The molecule has 0 aromatic heterocycles. The fraction of sp³-hybridized carbons (Fsp3) is 0.917. The minimum atomic E-state index is -0.153. The molecule has 2 rings (SSSR count). The maximum atomic E-state index is 11.8. The lowest BCUT2D eigenvalue weighted by molar-refractivity contribution is -0.122. The van der Waals surface area contributed by atoms with Crippen molar-refractivity contribution in [2.45, 2.75) is 50.3 Å². The van der Waals surface area contributed by atoms with Gasteiger partial charge in [-0.15, -0.1) is 0 Å². The van der Waals surface area contributed by atoms with Gasteiger partial charge < -0.3 is 15.7 Å². The molecule has 0 aromatic carbocycles. The summed E-state index contributed by atoms with van der Waals surface area (Å²) in [5, 5.41) is 15.9. The monoisotopic (exact) mass is 258 g/mol. The molecule has 0 aromatic rings. The van der Waals surface area contributed by atoms with E-state index in [2.05, 4.69) is 10.6 Å². The number of rotatable bonds is 3. The van der Waals surface area contributed by atoms with Gasteiger partial charge in [0.2, 0.25) is 5.91 Å². The molecule has 2 aliphatic rings. The second kappa shape index (κ2) is 6.61. The van der Waals surface area contributed by atoms with Gasteiger partial charge in [0, 0.05) is 36.6 Å². The van der Waals surface area contributed by atoms with Gasteiger partial charge in [-0.25, -0.2) is 0 Å². The molecule has 2 fully saturated rings. The van der Waals surface area contributed by atoms with Gasteiger partial charge in [-0.05, 0) is 25.7 Å². The average Bonchev–Trinajstić information content (AvgIpc) is 2.33. The number of aliphatic hydroxyl groups is 1. The highest BCUT2D eigenvalue weighted by molar-refractivity contribution is 7.99. The molecule has 0 radical (unpaired) electrons. The van der Waals surface area contributed by atoms with Crippen LogP contribution >= 0.6 is 11.8 Å². The first kappa shape index (κ1) is 13.2. The molecule has 4 nitrogen and oxygen atoms in total. The number of thioether (sulfide) groups is 1. The van der Waals surface area contributed by atoms with Gasteiger partial charge in [-0.1, -0.05) is 0 Å². The zero-order chi connectivity index (χ0) is 12.1. The highest BCUT2D eigenvalue weighted by Crippen LogP contribution is 2.18. The summed E-state index contributed by atoms with van der Waals surface area (Å²) in [5.74, 6) is 2.35. The second-order valence-electron chi connectivity index (χ2n) is 5.00. The molecular weight excluding hydrogens is 236 g/mol. The third-order valence-corrected chi connectivity index (χ3v) is 4.62. The molecule has 98 valence electrons. The Morgan fingerprint density at radius 3 is 2.76 bits per heavy atom. The van der Waals surface area contributed by atoms with Gasteiger partial charge in [0.05, 0.1) is 6.10 Å². The Balaban J connectivity index is 1.66. The Morgan fingerprint density at radius 2 is 2.12 bits per heavy atom.